The minimum Gasteiger partial charge on any atom is -0.271 e. The molecule has 138 valence electrons. The van der Waals surface area contributed by atoms with Crippen LogP contribution in [0.3, 0.4) is 0 Å². The summed E-state index contributed by atoms with van der Waals surface area (Å²) >= 11 is 0. The smallest absolute Gasteiger partial charge is 0.271 e. The monoisotopic (exact) mass is 373 g/mol. The molecule has 0 aliphatic rings. The van der Waals surface area contributed by atoms with Gasteiger partial charge in [-0.15, -0.1) is 0 Å². The number of nitro benzene ring substituents is 1. The number of hydrazone groups is 1. The van der Waals surface area contributed by atoms with Gasteiger partial charge in [0.1, 0.15) is 5.69 Å². The van der Waals surface area contributed by atoms with Crippen molar-refractivity contribution in [3.8, 4) is 0 Å². The van der Waals surface area contributed by atoms with Crippen molar-refractivity contribution in [2.75, 3.05) is 5.43 Å². The highest BCUT2D eigenvalue weighted by molar-refractivity contribution is 6.02. The van der Waals surface area contributed by atoms with E-state index in [-0.39, 0.29) is 5.69 Å². The average Bonchev–Trinajstić information content (AvgIpc) is 2.64. The lowest BCUT2D eigenvalue weighted by molar-refractivity contribution is -0.384. The summed E-state index contributed by atoms with van der Waals surface area (Å²) in [7, 11) is 0. The highest BCUT2D eigenvalue weighted by Crippen LogP contribution is 2.35. The molecule has 27 heavy (non-hydrogen) atoms. The van der Waals surface area contributed by atoms with Gasteiger partial charge in [0.2, 0.25) is 0 Å². The lowest BCUT2D eigenvalue weighted by Gasteiger charge is -2.09. The van der Waals surface area contributed by atoms with Gasteiger partial charge in [0, 0.05) is 6.07 Å². The van der Waals surface area contributed by atoms with E-state index in [2.05, 4.69) is 10.5 Å². The van der Waals surface area contributed by atoms with E-state index in [1.54, 1.807) is 6.92 Å². The van der Waals surface area contributed by atoms with Gasteiger partial charge in [-0.1, -0.05) is 36.4 Å². The molecule has 8 heteroatoms. The molecule has 3 rings (SSSR count). The van der Waals surface area contributed by atoms with Crippen molar-refractivity contribution in [2.45, 2.75) is 13.1 Å². The van der Waals surface area contributed by atoms with Gasteiger partial charge in [-0.05, 0) is 41.5 Å². The number of nitro groups is 1. The minimum absolute atomic E-state index is 0.117. The van der Waals surface area contributed by atoms with Crippen molar-refractivity contribution in [3.63, 3.8) is 0 Å². The second kappa shape index (κ2) is 7.06. The fourth-order valence-corrected chi connectivity index (χ4v) is 2.58. The molecule has 0 fully saturated rings. The highest BCUT2D eigenvalue weighted by Gasteiger charge is 2.33. The molecule has 0 heterocycles. The van der Waals surface area contributed by atoms with Crippen molar-refractivity contribution in [2.24, 2.45) is 5.10 Å². The molecule has 0 atom stereocenters. The summed E-state index contributed by atoms with van der Waals surface area (Å²) in [5.41, 5.74) is 1.92. The zero-order chi connectivity index (χ0) is 19.6. The first kappa shape index (κ1) is 18.4. The van der Waals surface area contributed by atoms with Crippen molar-refractivity contribution in [1.82, 2.24) is 0 Å². The van der Waals surface area contributed by atoms with Gasteiger partial charge in [0.15, 0.2) is 0 Å². The number of hydrogen-bond donors (Lipinski definition) is 1. The first-order chi connectivity index (χ1) is 12.8. The van der Waals surface area contributed by atoms with E-state index in [0.717, 1.165) is 28.5 Å². The van der Waals surface area contributed by atoms with E-state index in [4.69, 9.17) is 0 Å². The molecule has 0 saturated carbocycles. The summed E-state index contributed by atoms with van der Waals surface area (Å²) in [6.45, 7) is 1.70. The molecule has 0 radical (unpaired) electrons. The lowest BCUT2D eigenvalue weighted by Crippen LogP contribution is -2.07. The van der Waals surface area contributed by atoms with E-state index in [0.29, 0.717) is 11.8 Å². The van der Waals surface area contributed by atoms with Crippen molar-refractivity contribution in [1.29, 1.82) is 0 Å². The molecule has 0 aliphatic carbocycles. The predicted octanol–water partition coefficient (Wildman–Crippen LogP) is 5.60. The summed E-state index contributed by atoms with van der Waals surface area (Å²) < 4.78 is 38.3. The molecular formula is C19H14F3N3O2. The number of anilines is 1. The maximum atomic E-state index is 12.8. The molecule has 0 aromatic heterocycles. The topological polar surface area (TPSA) is 67.5 Å². The van der Waals surface area contributed by atoms with Gasteiger partial charge in [0.05, 0.1) is 16.2 Å². The number of halogens is 3. The normalized spacial score (nSPS) is 12.2. The molecule has 5 nitrogen and oxygen atoms in total. The number of nitrogens with one attached hydrogen (secondary N) is 1. The van der Waals surface area contributed by atoms with Crippen LogP contribution in [0.2, 0.25) is 0 Å². The number of rotatable bonds is 4. The molecular weight excluding hydrogens is 359 g/mol. The van der Waals surface area contributed by atoms with Crippen LogP contribution < -0.4 is 5.43 Å². The fourth-order valence-electron chi connectivity index (χ4n) is 2.58. The maximum absolute atomic E-state index is 12.8. The van der Waals surface area contributed by atoms with Crippen LogP contribution in [0.25, 0.3) is 10.8 Å². The quantitative estimate of drug-likeness (QED) is 0.368. The summed E-state index contributed by atoms with van der Waals surface area (Å²) in [6, 6.07) is 15.7. The second-order valence-corrected chi connectivity index (χ2v) is 5.86. The largest absolute Gasteiger partial charge is 0.416 e. The number of alkyl halides is 3. The fraction of sp³-hybridized carbons (Fsp3) is 0.105. The third-order valence-electron chi connectivity index (χ3n) is 4.03. The van der Waals surface area contributed by atoms with Crippen LogP contribution in [-0.2, 0) is 6.18 Å². The third kappa shape index (κ3) is 4.05. The van der Waals surface area contributed by atoms with Gasteiger partial charge in [-0.25, -0.2) is 0 Å². The third-order valence-corrected chi connectivity index (χ3v) is 4.03. The maximum Gasteiger partial charge on any atom is 0.416 e. The van der Waals surface area contributed by atoms with E-state index < -0.39 is 22.4 Å². The molecule has 0 unspecified atom stereocenters. The summed E-state index contributed by atoms with van der Waals surface area (Å²) in [5.74, 6) is 0. The van der Waals surface area contributed by atoms with Gasteiger partial charge in [-0.3, -0.25) is 15.5 Å². The number of fused-ring (bicyclic) bond motifs is 1. The Kier molecular flexibility index (Phi) is 4.81. The van der Waals surface area contributed by atoms with Gasteiger partial charge in [0.25, 0.3) is 5.69 Å². The number of benzene rings is 3. The second-order valence-electron chi connectivity index (χ2n) is 5.86. The van der Waals surface area contributed by atoms with Crippen molar-refractivity contribution >= 4 is 27.9 Å². The van der Waals surface area contributed by atoms with Crippen LogP contribution >= 0.6 is 0 Å². The zero-order valence-electron chi connectivity index (χ0n) is 14.1. The van der Waals surface area contributed by atoms with E-state index >= 15 is 0 Å². The van der Waals surface area contributed by atoms with Crippen LogP contribution in [0.15, 0.2) is 65.8 Å². The van der Waals surface area contributed by atoms with E-state index in [9.17, 15) is 23.3 Å². The molecule has 1 N–H and O–H groups in total. The van der Waals surface area contributed by atoms with E-state index in [1.165, 1.54) is 0 Å². The summed E-state index contributed by atoms with van der Waals surface area (Å²) in [4.78, 5) is 10.2. The van der Waals surface area contributed by atoms with Crippen LogP contribution in [-0.4, -0.2) is 10.6 Å². The van der Waals surface area contributed by atoms with Gasteiger partial charge >= 0.3 is 6.18 Å². The Balaban J connectivity index is 1.90. The van der Waals surface area contributed by atoms with Crippen LogP contribution in [0, 0.1) is 10.1 Å². The summed E-state index contributed by atoms with van der Waals surface area (Å²) in [5, 5.41) is 17.3. The Morgan fingerprint density at radius 2 is 1.74 bits per heavy atom. The van der Waals surface area contributed by atoms with Crippen molar-refractivity contribution < 1.29 is 18.1 Å². The molecule has 0 saturated heterocycles. The Labute approximate surface area is 152 Å². The Morgan fingerprint density at radius 3 is 2.41 bits per heavy atom. The van der Waals surface area contributed by atoms with Gasteiger partial charge < -0.3 is 0 Å². The average molecular weight is 373 g/mol. The molecule has 3 aromatic rings. The first-order valence-electron chi connectivity index (χ1n) is 7.91. The number of nitrogens with zero attached hydrogens (tertiary/aromatic N) is 2. The lowest BCUT2D eigenvalue weighted by atomic mass is 10.0. The molecule has 0 aliphatic heterocycles. The summed E-state index contributed by atoms with van der Waals surface area (Å²) in [6.07, 6.45) is -4.66. The van der Waals surface area contributed by atoms with Crippen LogP contribution in [0.1, 0.15) is 18.1 Å². The molecule has 0 bridgehead atoms. The zero-order valence-corrected chi connectivity index (χ0v) is 14.1. The first-order valence-corrected chi connectivity index (χ1v) is 7.91. The molecule has 0 spiro atoms. The van der Waals surface area contributed by atoms with E-state index in [1.807, 2.05) is 42.5 Å². The molecule has 3 aromatic carbocycles. The SMILES string of the molecule is CC(=NNc1ccc(C(F)(F)F)cc1[N+](=O)[O-])c1ccc2ccccc2c1. The Hall–Kier alpha value is -3.42. The van der Waals surface area contributed by atoms with Crippen molar-refractivity contribution in [3.05, 3.63) is 81.9 Å². The standard InChI is InChI=1S/C19H14F3N3O2/c1-12(14-7-6-13-4-2-3-5-15(13)10-14)23-24-17-9-8-16(19(20,21)22)11-18(17)25(26)27/h2-11,24H,1H3. The minimum atomic E-state index is -4.66. The number of hydrogen-bond acceptors (Lipinski definition) is 4. The predicted molar refractivity (Wildman–Crippen MR) is 97.9 cm³/mol. The Bertz CT molecular complexity index is 1050. The van der Waals surface area contributed by atoms with Gasteiger partial charge in [-0.2, -0.15) is 18.3 Å². The van der Waals surface area contributed by atoms with Crippen LogP contribution in [0.5, 0.6) is 0 Å². The Morgan fingerprint density at radius 1 is 1.04 bits per heavy atom. The highest BCUT2D eigenvalue weighted by atomic mass is 19.4. The molecule has 0 amide bonds. The van der Waals surface area contributed by atoms with Crippen LogP contribution in [0.4, 0.5) is 24.5 Å².